The Kier molecular flexibility index (Phi) is 4.94. The van der Waals surface area contributed by atoms with E-state index < -0.39 is 15.9 Å². The average molecular weight is 410 g/mol. The van der Waals surface area contributed by atoms with Crippen LogP contribution in [-0.2, 0) is 19.4 Å². The molecule has 7 nitrogen and oxygen atoms in total. The fourth-order valence-corrected chi connectivity index (χ4v) is 7.64. The summed E-state index contributed by atoms with van der Waals surface area (Å²) in [4.78, 5) is 20.8. The van der Waals surface area contributed by atoms with E-state index in [0.717, 1.165) is 17.8 Å². The maximum absolute atomic E-state index is 12.5. The number of anilines is 2. The number of hydrogen-bond donors (Lipinski definition) is 0. The summed E-state index contributed by atoms with van der Waals surface area (Å²) in [6.45, 7) is 0.591. The number of carbonyl (C=O) groups excluding carboxylic acids is 1. The summed E-state index contributed by atoms with van der Waals surface area (Å²) in [5.74, 6) is -0.0534. The standard InChI is InChI=1S/C18H23N3O4S2/c1-20(2)12-5-7-13(8-6-12)21-14-10-27(23,24)11-16(14)26-18(21)19-17(22)15-4-3-9-25-15/h5-8,14-16H,3-4,9-11H2,1-2H3/t14-,15+,16-/m1/s1. The zero-order chi connectivity index (χ0) is 19.2. The van der Waals surface area contributed by atoms with Crippen LogP contribution in [0.1, 0.15) is 12.8 Å². The largest absolute Gasteiger partial charge is 0.378 e. The van der Waals surface area contributed by atoms with Gasteiger partial charge in [0.25, 0.3) is 5.91 Å². The number of thioether (sulfide) groups is 1. The van der Waals surface area contributed by atoms with Crippen LogP contribution < -0.4 is 9.80 Å². The smallest absolute Gasteiger partial charge is 0.277 e. The first-order chi connectivity index (χ1) is 12.8. The topological polar surface area (TPSA) is 79.3 Å². The summed E-state index contributed by atoms with van der Waals surface area (Å²) in [6, 6.07) is 7.68. The van der Waals surface area contributed by atoms with Gasteiger partial charge in [0.1, 0.15) is 6.10 Å². The zero-order valence-corrected chi connectivity index (χ0v) is 17.0. The fraction of sp³-hybridized carbons (Fsp3) is 0.556. The van der Waals surface area contributed by atoms with Crippen LogP contribution >= 0.6 is 11.8 Å². The molecule has 0 N–H and O–H groups in total. The number of fused-ring (bicyclic) bond motifs is 1. The van der Waals surface area contributed by atoms with Gasteiger partial charge in [-0.25, -0.2) is 8.42 Å². The van der Waals surface area contributed by atoms with Crippen molar-refractivity contribution in [2.75, 3.05) is 42.0 Å². The van der Waals surface area contributed by atoms with Gasteiger partial charge in [-0.3, -0.25) is 4.79 Å². The van der Waals surface area contributed by atoms with Crippen molar-refractivity contribution in [1.29, 1.82) is 0 Å². The first kappa shape index (κ1) is 18.8. The molecule has 1 aromatic carbocycles. The van der Waals surface area contributed by atoms with E-state index in [1.54, 1.807) is 0 Å². The van der Waals surface area contributed by atoms with E-state index in [0.29, 0.717) is 18.2 Å². The molecule has 3 atom stereocenters. The molecule has 0 spiro atoms. The van der Waals surface area contributed by atoms with Crippen LogP contribution in [0.2, 0.25) is 0 Å². The summed E-state index contributed by atoms with van der Waals surface area (Å²) in [5, 5.41) is 0.484. The molecule has 3 fully saturated rings. The number of amidine groups is 1. The quantitative estimate of drug-likeness (QED) is 0.749. The van der Waals surface area contributed by atoms with Crippen LogP contribution in [0.3, 0.4) is 0 Å². The van der Waals surface area contributed by atoms with Crippen LogP contribution in [0.5, 0.6) is 0 Å². The maximum Gasteiger partial charge on any atom is 0.277 e. The maximum atomic E-state index is 12.5. The Labute approximate surface area is 163 Å². The molecular formula is C18H23N3O4S2. The highest BCUT2D eigenvalue weighted by Crippen LogP contribution is 2.41. The van der Waals surface area contributed by atoms with Crippen molar-refractivity contribution in [3.63, 3.8) is 0 Å². The molecule has 1 amide bonds. The van der Waals surface area contributed by atoms with E-state index in [1.807, 2.05) is 48.2 Å². The van der Waals surface area contributed by atoms with Crippen LogP contribution in [0.15, 0.2) is 29.3 Å². The molecule has 3 saturated heterocycles. The van der Waals surface area contributed by atoms with E-state index in [9.17, 15) is 13.2 Å². The van der Waals surface area contributed by atoms with E-state index in [-0.39, 0.29) is 28.7 Å². The van der Waals surface area contributed by atoms with E-state index in [4.69, 9.17) is 4.74 Å². The van der Waals surface area contributed by atoms with Crippen molar-refractivity contribution in [2.45, 2.75) is 30.2 Å². The Morgan fingerprint density at radius 2 is 2.00 bits per heavy atom. The third kappa shape index (κ3) is 3.72. The number of sulfone groups is 1. The highest BCUT2D eigenvalue weighted by Gasteiger charge is 2.49. The lowest BCUT2D eigenvalue weighted by Gasteiger charge is -2.25. The van der Waals surface area contributed by atoms with Gasteiger partial charge in [0, 0.05) is 37.3 Å². The number of amides is 1. The lowest BCUT2D eigenvalue weighted by Crippen LogP contribution is -2.38. The van der Waals surface area contributed by atoms with Crippen molar-refractivity contribution >= 4 is 44.0 Å². The minimum Gasteiger partial charge on any atom is -0.378 e. The van der Waals surface area contributed by atoms with Crippen LogP contribution in [-0.4, -0.2) is 69.1 Å². The van der Waals surface area contributed by atoms with E-state index in [2.05, 4.69) is 4.99 Å². The first-order valence-electron chi connectivity index (χ1n) is 9.02. The summed E-state index contributed by atoms with van der Waals surface area (Å²) in [5.41, 5.74) is 1.91. The van der Waals surface area contributed by atoms with Gasteiger partial charge in [0.15, 0.2) is 15.0 Å². The second kappa shape index (κ2) is 7.10. The minimum atomic E-state index is -3.07. The molecular weight excluding hydrogens is 386 g/mol. The molecule has 3 aliphatic rings. The van der Waals surface area contributed by atoms with E-state index >= 15 is 0 Å². The van der Waals surface area contributed by atoms with Crippen molar-refractivity contribution in [3.8, 4) is 0 Å². The van der Waals surface area contributed by atoms with Gasteiger partial charge in [-0.1, -0.05) is 11.8 Å². The number of benzene rings is 1. The normalized spacial score (nSPS) is 30.7. The van der Waals surface area contributed by atoms with Gasteiger partial charge >= 0.3 is 0 Å². The van der Waals surface area contributed by atoms with Gasteiger partial charge in [-0.05, 0) is 37.1 Å². The second-order valence-electron chi connectivity index (χ2n) is 7.32. The zero-order valence-electron chi connectivity index (χ0n) is 15.4. The predicted octanol–water partition coefficient (Wildman–Crippen LogP) is 1.53. The number of nitrogens with zero attached hydrogens (tertiary/aromatic N) is 3. The third-order valence-electron chi connectivity index (χ3n) is 5.12. The fourth-order valence-electron chi connectivity index (χ4n) is 3.72. The molecule has 27 heavy (non-hydrogen) atoms. The Balaban J connectivity index is 1.66. The number of carbonyl (C=O) groups is 1. The number of rotatable bonds is 3. The molecule has 0 radical (unpaired) electrons. The lowest BCUT2D eigenvalue weighted by molar-refractivity contribution is -0.126. The molecule has 9 heteroatoms. The highest BCUT2D eigenvalue weighted by atomic mass is 32.2. The predicted molar refractivity (Wildman–Crippen MR) is 108 cm³/mol. The van der Waals surface area contributed by atoms with Crippen LogP contribution in [0.25, 0.3) is 0 Å². The van der Waals surface area contributed by atoms with Crippen molar-refractivity contribution in [2.24, 2.45) is 4.99 Å². The minimum absolute atomic E-state index is 0.0905. The Bertz CT molecular complexity index is 861. The van der Waals surface area contributed by atoms with Gasteiger partial charge in [-0.2, -0.15) is 4.99 Å². The van der Waals surface area contributed by atoms with Gasteiger partial charge in [0.2, 0.25) is 0 Å². The van der Waals surface area contributed by atoms with Crippen LogP contribution in [0.4, 0.5) is 11.4 Å². The Morgan fingerprint density at radius 1 is 1.26 bits per heavy atom. The second-order valence-corrected chi connectivity index (χ2v) is 10.7. The van der Waals surface area contributed by atoms with Crippen LogP contribution in [0, 0.1) is 0 Å². The molecule has 0 aliphatic carbocycles. The lowest BCUT2D eigenvalue weighted by atomic mass is 10.2. The average Bonchev–Trinajstić information content (AvgIpc) is 3.29. The molecule has 0 unspecified atom stereocenters. The van der Waals surface area contributed by atoms with Crippen molar-refractivity contribution in [3.05, 3.63) is 24.3 Å². The van der Waals surface area contributed by atoms with Gasteiger partial charge < -0.3 is 14.5 Å². The Hall–Kier alpha value is -1.58. The summed E-state index contributed by atoms with van der Waals surface area (Å²) < 4.78 is 29.7. The van der Waals surface area contributed by atoms with Crippen molar-refractivity contribution in [1.82, 2.24) is 0 Å². The first-order valence-corrected chi connectivity index (χ1v) is 11.7. The summed E-state index contributed by atoms with van der Waals surface area (Å²) in [7, 11) is 0.861. The molecule has 1 aromatic rings. The van der Waals surface area contributed by atoms with Gasteiger partial charge in [-0.15, -0.1) is 0 Å². The molecule has 0 bridgehead atoms. The summed E-state index contributed by atoms with van der Waals surface area (Å²) in [6.07, 6.45) is 1.09. The molecule has 4 rings (SSSR count). The van der Waals surface area contributed by atoms with Crippen molar-refractivity contribution < 1.29 is 17.9 Å². The number of ether oxygens (including phenoxy) is 1. The van der Waals surface area contributed by atoms with E-state index in [1.165, 1.54) is 11.8 Å². The SMILES string of the molecule is CN(C)c1ccc(N2C(=NC(=O)[C@@H]3CCCO3)S[C@@H]3CS(=O)(=O)C[C@H]32)cc1. The molecule has 146 valence electrons. The number of hydrogen-bond acceptors (Lipinski definition) is 6. The monoisotopic (exact) mass is 409 g/mol. The Morgan fingerprint density at radius 3 is 2.63 bits per heavy atom. The molecule has 0 saturated carbocycles. The number of aliphatic imine (C=N–C) groups is 1. The van der Waals surface area contributed by atoms with Gasteiger partial charge in [0.05, 0.1) is 17.5 Å². The highest BCUT2D eigenvalue weighted by molar-refractivity contribution is 8.16. The molecule has 3 heterocycles. The third-order valence-corrected chi connectivity index (χ3v) is 8.33. The molecule has 0 aromatic heterocycles. The molecule has 3 aliphatic heterocycles. The summed E-state index contributed by atoms with van der Waals surface area (Å²) >= 11 is 1.39.